The van der Waals surface area contributed by atoms with Crippen LogP contribution in [-0.4, -0.2) is 12.3 Å². The molecule has 0 aliphatic heterocycles. The van der Waals surface area contributed by atoms with Crippen LogP contribution in [0, 0.1) is 5.41 Å². The van der Waals surface area contributed by atoms with Gasteiger partial charge in [-0.2, -0.15) is 0 Å². The quantitative estimate of drug-likeness (QED) is 0.689. The average Bonchev–Trinajstić information content (AvgIpc) is 2.10. The molecule has 0 heterocycles. The molecule has 0 spiro atoms. The van der Waals surface area contributed by atoms with Crippen molar-refractivity contribution in [3.63, 3.8) is 0 Å². The molecule has 0 fully saturated rings. The molecule has 0 rings (SSSR count). The third-order valence-corrected chi connectivity index (χ3v) is 2.41. The average molecular weight is 196 g/mol. The zero-order valence-corrected chi connectivity index (χ0v) is 10.2. The number of hydrogen-bond acceptors (Lipinski definition) is 2. The van der Waals surface area contributed by atoms with Crippen molar-refractivity contribution in [3.05, 3.63) is 11.8 Å². The van der Waals surface area contributed by atoms with Crippen LogP contribution in [0.4, 0.5) is 0 Å². The lowest BCUT2D eigenvalue weighted by Crippen LogP contribution is -2.13. The lowest BCUT2D eigenvalue weighted by atomic mass is 9.88. The van der Waals surface area contributed by atoms with Gasteiger partial charge >= 0.3 is 0 Å². The maximum absolute atomic E-state index is 5.57. The SMILES string of the molecule is CCC(CC)/N=C\C(=C/N)C(C)(C)C. The van der Waals surface area contributed by atoms with Crippen LogP contribution >= 0.6 is 0 Å². The second kappa shape index (κ2) is 5.84. The second-order valence-corrected chi connectivity index (χ2v) is 4.62. The zero-order valence-electron chi connectivity index (χ0n) is 10.2. The maximum atomic E-state index is 5.57. The molecular formula is C12H24N2. The van der Waals surface area contributed by atoms with Gasteiger partial charge < -0.3 is 5.73 Å². The predicted octanol–water partition coefficient (Wildman–Crippen LogP) is 3.13. The summed E-state index contributed by atoms with van der Waals surface area (Å²) < 4.78 is 0. The molecule has 0 aromatic rings. The number of aliphatic imine (C=N–C) groups is 1. The van der Waals surface area contributed by atoms with Crippen LogP contribution in [-0.2, 0) is 0 Å². The summed E-state index contributed by atoms with van der Waals surface area (Å²) in [6.45, 7) is 10.8. The molecule has 2 N–H and O–H groups in total. The third kappa shape index (κ3) is 4.45. The van der Waals surface area contributed by atoms with Crippen molar-refractivity contribution in [1.29, 1.82) is 0 Å². The lowest BCUT2D eigenvalue weighted by Gasteiger charge is -2.19. The van der Waals surface area contributed by atoms with E-state index in [4.69, 9.17) is 5.73 Å². The summed E-state index contributed by atoms with van der Waals surface area (Å²) in [5, 5.41) is 0. The number of nitrogens with zero attached hydrogens (tertiary/aromatic N) is 1. The van der Waals surface area contributed by atoms with Crippen molar-refractivity contribution in [1.82, 2.24) is 0 Å². The van der Waals surface area contributed by atoms with E-state index in [1.165, 1.54) is 0 Å². The Morgan fingerprint density at radius 3 is 2.07 bits per heavy atom. The molecule has 0 saturated carbocycles. The molecule has 82 valence electrons. The molecule has 0 radical (unpaired) electrons. The Kier molecular flexibility index (Phi) is 5.51. The van der Waals surface area contributed by atoms with Crippen molar-refractivity contribution in [2.75, 3.05) is 0 Å². The number of nitrogens with two attached hydrogens (primary N) is 1. The first-order valence-electron chi connectivity index (χ1n) is 5.41. The van der Waals surface area contributed by atoms with E-state index in [9.17, 15) is 0 Å². The molecule has 0 atom stereocenters. The van der Waals surface area contributed by atoms with Gasteiger partial charge in [-0.15, -0.1) is 0 Å². The van der Waals surface area contributed by atoms with E-state index in [1.54, 1.807) is 6.20 Å². The van der Waals surface area contributed by atoms with Crippen LogP contribution in [0.2, 0.25) is 0 Å². The molecule has 0 aliphatic carbocycles. The van der Waals surface area contributed by atoms with Gasteiger partial charge in [-0.25, -0.2) is 0 Å². The summed E-state index contributed by atoms with van der Waals surface area (Å²) in [5.41, 5.74) is 6.76. The first-order valence-corrected chi connectivity index (χ1v) is 5.41. The first kappa shape index (κ1) is 13.2. The highest BCUT2D eigenvalue weighted by Crippen LogP contribution is 2.22. The smallest absolute Gasteiger partial charge is 0.0494 e. The zero-order chi connectivity index (χ0) is 11.2. The van der Waals surface area contributed by atoms with Crippen LogP contribution in [0.25, 0.3) is 0 Å². The van der Waals surface area contributed by atoms with Crippen molar-refractivity contribution in [3.8, 4) is 0 Å². The standard InChI is InChI=1S/C12H24N2/c1-6-11(7-2)14-9-10(8-13)12(3,4)5/h8-9,11H,6-7,13H2,1-5H3/b10-8+,14-9-. The van der Waals surface area contributed by atoms with Gasteiger partial charge in [0.25, 0.3) is 0 Å². The predicted molar refractivity (Wildman–Crippen MR) is 64.6 cm³/mol. The van der Waals surface area contributed by atoms with E-state index in [-0.39, 0.29) is 5.41 Å². The largest absolute Gasteiger partial charge is 0.404 e. The number of hydrogen-bond donors (Lipinski definition) is 1. The van der Waals surface area contributed by atoms with Crippen LogP contribution in [0.3, 0.4) is 0 Å². The maximum Gasteiger partial charge on any atom is 0.0494 e. The summed E-state index contributed by atoms with van der Waals surface area (Å²) in [6, 6.07) is 0.437. The fourth-order valence-electron chi connectivity index (χ4n) is 1.17. The molecule has 0 aromatic carbocycles. The van der Waals surface area contributed by atoms with E-state index in [0.717, 1.165) is 18.4 Å². The fraction of sp³-hybridized carbons (Fsp3) is 0.750. The molecule has 0 aromatic heterocycles. The van der Waals surface area contributed by atoms with Gasteiger partial charge in [0.15, 0.2) is 0 Å². The normalized spacial score (nSPS) is 14.3. The minimum absolute atomic E-state index is 0.0876. The Hall–Kier alpha value is -0.790. The molecule has 0 saturated heterocycles. The van der Waals surface area contributed by atoms with Crippen molar-refractivity contribution < 1.29 is 0 Å². The van der Waals surface area contributed by atoms with E-state index in [1.807, 2.05) is 6.21 Å². The lowest BCUT2D eigenvalue weighted by molar-refractivity contribution is 0.523. The summed E-state index contributed by atoms with van der Waals surface area (Å²) in [6.07, 6.45) is 5.77. The number of rotatable bonds is 4. The van der Waals surface area contributed by atoms with Crippen LogP contribution in [0.5, 0.6) is 0 Å². The monoisotopic (exact) mass is 196 g/mol. The highest BCUT2D eigenvalue weighted by molar-refractivity contribution is 5.80. The Morgan fingerprint density at radius 2 is 1.79 bits per heavy atom. The first-order chi connectivity index (χ1) is 6.45. The topological polar surface area (TPSA) is 38.4 Å². The fourth-order valence-corrected chi connectivity index (χ4v) is 1.17. The molecule has 0 unspecified atom stereocenters. The van der Waals surface area contributed by atoms with Gasteiger partial charge in [-0.1, -0.05) is 34.6 Å². The van der Waals surface area contributed by atoms with Crippen molar-refractivity contribution >= 4 is 6.21 Å². The van der Waals surface area contributed by atoms with Gasteiger partial charge in [0.05, 0.1) is 0 Å². The Bertz CT molecular complexity index is 205. The highest BCUT2D eigenvalue weighted by atomic mass is 14.8. The minimum Gasteiger partial charge on any atom is -0.404 e. The van der Waals surface area contributed by atoms with E-state index in [0.29, 0.717) is 6.04 Å². The van der Waals surface area contributed by atoms with Gasteiger partial charge in [-0.05, 0) is 30.0 Å². The molecule has 14 heavy (non-hydrogen) atoms. The highest BCUT2D eigenvalue weighted by Gasteiger charge is 2.14. The third-order valence-electron chi connectivity index (χ3n) is 2.41. The number of allylic oxidation sites excluding steroid dienone is 1. The summed E-state index contributed by atoms with van der Waals surface area (Å²) in [7, 11) is 0. The Morgan fingerprint density at radius 1 is 1.29 bits per heavy atom. The Balaban J connectivity index is 4.48. The van der Waals surface area contributed by atoms with E-state index >= 15 is 0 Å². The summed E-state index contributed by atoms with van der Waals surface area (Å²) in [4.78, 5) is 4.53. The van der Waals surface area contributed by atoms with Crippen molar-refractivity contribution in [2.24, 2.45) is 16.1 Å². The molecule has 2 heteroatoms. The van der Waals surface area contributed by atoms with Gasteiger partial charge in [0.2, 0.25) is 0 Å². The van der Waals surface area contributed by atoms with Crippen molar-refractivity contribution in [2.45, 2.75) is 53.5 Å². The van der Waals surface area contributed by atoms with Gasteiger partial charge in [0.1, 0.15) is 0 Å². The summed E-state index contributed by atoms with van der Waals surface area (Å²) in [5.74, 6) is 0. The van der Waals surface area contributed by atoms with E-state index in [2.05, 4.69) is 39.6 Å². The molecule has 0 aliphatic rings. The van der Waals surface area contributed by atoms with E-state index < -0.39 is 0 Å². The summed E-state index contributed by atoms with van der Waals surface area (Å²) >= 11 is 0. The molecular weight excluding hydrogens is 172 g/mol. The molecule has 0 amide bonds. The van der Waals surface area contributed by atoms with Crippen LogP contribution < -0.4 is 5.73 Å². The minimum atomic E-state index is 0.0876. The van der Waals surface area contributed by atoms with Gasteiger partial charge in [-0.3, -0.25) is 4.99 Å². The molecule has 0 bridgehead atoms. The Labute approximate surface area is 88.3 Å². The second-order valence-electron chi connectivity index (χ2n) is 4.62. The van der Waals surface area contributed by atoms with Crippen LogP contribution in [0.1, 0.15) is 47.5 Å². The van der Waals surface area contributed by atoms with Crippen LogP contribution in [0.15, 0.2) is 16.8 Å². The molecule has 2 nitrogen and oxygen atoms in total. The van der Waals surface area contributed by atoms with Gasteiger partial charge in [0, 0.05) is 12.3 Å².